The van der Waals surface area contributed by atoms with E-state index in [1.807, 2.05) is 0 Å². The van der Waals surface area contributed by atoms with Crippen LogP contribution in [-0.4, -0.2) is 0 Å². The molecule has 1 nitrogen and oxygen atoms in total. The number of hydrogen-bond donors (Lipinski definition) is 0. The van der Waals surface area contributed by atoms with Crippen LogP contribution in [0.2, 0.25) is 0 Å². The molecule has 0 saturated heterocycles. The number of anilines is 3. The Kier molecular flexibility index (Phi) is 6.54. The van der Waals surface area contributed by atoms with Gasteiger partial charge in [-0.15, -0.1) is 0 Å². The van der Waals surface area contributed by atoms with Crippen LogP contribution in [0, 0.1) is 0 Å². The van der Waals surface area contributed by atoms with Crippen molar-refractivity contribution in [2.75, 3.05) is 4.90 Å². The fourth-order valence-corrected chi connectivity index (χ4v) is 7.19. The molecule has 1 heteroatoms. The van der Waals surface area contributed by atoms with Crippen molar-refractivity contribution in [3.8, 4) is 22.3 Å². The van der Waals surface area contributed by atoms with Gasteiger partial charge in [-0.25, -0.2) is 0 Å². The van der Waals surface area contributed by atoms with Gasteiger partial charge in [0.15, 0.2) is 0 Å². The zero-order valence-corrected chi connectivity index (χ0v) is 25.8. The van der Waals surface area contributed by atoms with E-state index < -0.39 is 0 Å². The van der Waals surface area contributed by atoms with Crippen molar-refractivity contribution < 1.29 is 0 Å². The first-order valence-corrected chi connectivity index (χ1v) is 16.2. The highest BCUT2D eigenvalue weighted by molar-refractivity contribution is 6.16. The van der Waals surface area contributed by atoms with Gasteiger partial charge in [-0.3, -0.25) is 0 Å². The fraction of sp³-hybridized carbons (Fsp3) is 0. The Morgan fingerprint density at radius 2 is 0.894 bits per heavy atom. The molecule has 0 fully saturated rings. The van der Waals surface area contributed by atoms with Gasteiger partial charge < -0.3 is 4.90 Å². The Hall–Kier alpha value is -6.18. The maximum Gasteiger partial charge on any atom is 0.0546 e. The fourth-order valence-electron chi connectivity index (χ4n) is 7.19. The van der Waals surface area contributed by atoms with Crippen LogP contribution >= 0.6 is 0 Å². The summed E-state index contributed by atoms with van der Waals surface area (Å²) >= 11 is 0. The Balaban J connectivity index is 1.41. The molecule has 0 aliphatic carbocycles. The molecule has 0 radical (unpaired) electrons. The van der Waals surface area contributed by atoms with Gasteiger partial charge in [0, 0.05) is 16.9 Å². The van der Waals surface area contributed by atoms with Crippen LogP contribution in [0.1, 0.15) is 0 Å². The lowest BCUT2D eigenvalue weighted by atomic mass is 9.87. The molecular weight excluding hydrogens is 567 g/mol. The average Bonchev–Trinajstić information content (AvgIpc) is 3.15. The predicted octanol–water partition coefficient (Wildman–Crippen LogP) is 13.1. The van der Waals surface area contributed by atoms with E-state index in [-0.39, 0.29) is 0 Å². The quantitative estimate of drug-likeness (QED) is 0.178. The molecule has 0 heterocycles. The third-order valence-electron chi connectivity index (χ3n) is 9.39. The van der Waals surface area contributed by atoms with E-state index in [4.69, 9.17) is 0 Å². The van der Waals surface area contributed by atoms with Gasteiger partial charge >= 0.3 is 0 Å². The van der Waals surface area contributed by atoms with Crippen molar-refractivity contribution >= 4 is 60.2 Å². The number of nitrogens with zero attached hydrogens (tertiary/aromatic N) is 1. The van der Waals surface area contributed by atoms with E-state index in [0.29, 0.717) is 0 Å². The standard InChI is InChI=1S/C46H31N/c1-2-18-38(19-3-1)47(39-28-27-33-14-5-7-16-35(33)30-39)45-24-12-23-41(37-26-25-32-13-4-6-15-34(32)29-37)46(45)44-31-36-17-8-9-20-40(36)42-21-10-11-22-43(42)44/h1-31H. The predicted molar refractivity (Wildman–Crippen MR) is 202 cm³/mol. The summed E-state index contributed by atoms with van der Waals surface area (Å²) in [5.74, 6) is 0. The molecule has 0 amide bonds. The van der Waals surface area contributed by atoms with Crippen molar-refractivity contribution in [1.82, 2.24) is 0 Å². The summed E-state index contributed by atoms with van der Waals surface area (Å²) in [4.78, 5) is 2.43. The highest BCUT2D eigenvalue weighted by atomic mass is 15.1. The maximum absolute atomic E-state index is 2.43. The first-order valence-electron chi connectivity index (χ1n) is 16.2. The number of benzene rings is 9. The van der Waals surface area contributed by atoms with E-state index in [1.165, 1.54) is 65.3 Å². The van der Waals surface area contributed by atoms with Gasteiger partial charge in [0.05, 0.1) is 5.69 Å². The molecule has 0 saturated carbocycles. The molecule has 9 rings (SSSR count). The average molecular weight is 598 g/mol. The lowest BCUT2D eigenvalue weighted by Crippen LogP contribution is -2.11. The highest BCUT2D eigenvalue weighted by Gasteiger charge is 2.23. The van der Waals surface area contributed by atoms with Crippen molar-refractivity contribution in [3.63, 3.8) is 0 Å². The maximum atomic E-state index is 2.43. The summed E-state index contributed by atoms with van der Waals surface area (Å²) in [5, 5.41) is 9.93. The Bertz CT molecular complexity index is 2580. The molecule has 0 spiro atoms. The zero-order valence-electron chi connectivity index (χ0n) is 25.8. The Morgan fingerprint density at radius 3 is 1.66 bits per heavy atom. The molecule has 0 N–H and O–H groups in total. The minimum atomic E-state index is 1.12. The van der Waals surface area contributed by atoms with Gasteiger partial charge in [-0.2, -0.15) is 0 Å². The zero-order chi connectivity index (χ0) is 31.2. The van der Waals surface area contributed by atoms with Gasteiger partial charge in [-0.05, 0) is 102 Å². The molecule has 9 aromatic rings. The minimum absolute atomic E-state index is 1.12. The summed E-state index contributed by atoms with van der Waals surface area (Å²) in [5.41, 5.74) is 8.21. The number of rotatable bonds is 5. The van der Waals surface area contributed by atoms with Gasteiger partial charge in [0.1, 0.15) is 0 Å². The van der Waals surface area contributed by atoms with Crippen molar-refractivity contribution in [2.24, 2.45) is 0 Å². The second-order valence-electron chi connectivity index (χ2n) is 12.2. The highest BCUT2D eigenvalue weighted by Crippen LogP contribution is 2.48. The van der Waals surface area contributed by atoms with Crippen molar-refractivity contribution in [2.45, 2.75) is 0 Å². The second kappa shape index (κ2) is 11.3. The molecule has 0 atom stereocenters. The number of para-hydroxylation sites is 1. The minimum Gasteiger partial charge on any atom is -0.310 e. The molecule has 0 aromatic heterocycles. The monoisotopic (exact) mass is 597 g/mol. The summed E-state index contributed by atoms with van der Waals surface area (Å²) in [7, 11) is 0. The van der Waals surface area contributed by atoms with Crippen molar-refractivity contribution in [3.05, 3.63) is 188 Å². The van der Waals surface area contributed by atoms with E-state index >= 15 is 0 Å². The largest absolute Gasteiger partial charge is 0.310 e. The number of fused-ring (bicyclic) bond motifs is 5. The summed E-state index contributed by atoms with van der Waals surface area (Å²) in [6.07, 6.45) is 0. The molecule has 0 unspecified atom stereocenters. The smallest absolute Gasteiger partial charge is 0.0546 e. The molecule has 0 aliphatic heterocycles. The lowest BCUT2D eigenvalue weighted by molar-refractivity contribution is 1.29. The van der Waals surface area contributed by atoms with Crippen LogP contribution in [0.4, 0.5) is 17.1 Å². The molecule has 47 heavy (non-hydrogen) atoms. The van der Waals surface area contributed by atoms with E-state index in [1.54, 1.807) is 0 Å². The molecule has 220 valence electrons. The summed E-state index contributed by atoms with van der Waals surface area (Å²) in [6, 6.07) is 68.4. The SMILES string of the molecule is c1ccc(N(c2ccc3ccccc3c2)c2cccc(-c3ccc4ccccc4c3)c2-c2cc3ccccc3c3ccccc23)cc1. The van der Waals surface area contributed by atoms with Crippen LogP contribution in [-0.2, 0) is 0 Å². The van der Waals surface area contributed by atoms with Crippen LogP contribution in [0.3, 0.4) is 0 Å². The molecular formula is C46H31N. The normalized spacial score (nSPS) is 11.4. The van der Waals surface area contributed by atoms with E-state index in [0.717, 1.165) is 17.1 Å². The van der Waals surface area contributed by atoms with Crippen molar-refractivity contribution in [1.29, 1.82) is 0 Å². The van der Waals surface area contributed by atoms with Gasteiger partial charge in [0.2, 0.25) is 0 Å². The molecule has 0 aliphatic rings. The summed E-state index contributed by atoms with van der Waals surface area (Å²) in [6.45, 7) is 0. The third kappa shape index (κ3) is 4.72. The Labute approximate surface area is 274 Å². The first-order chi connectivity index (χ1) is 23.3. The summed E-state index contributed by atoms with van der Waals surface area (Å²) < 4.78 is 0. The molecule has 0 bridgehead atoms. The van der Waals surface area contributed by atoms with Crippen LogP contribution in [0.5, 0.6) is 0 Å². The van der Waals surface area contributed by atoms with Crippen LogP contribution in [0.15, 0.2) is 188 Å². The number of hydrogen-bond acceptors (Lipinski definition) is 1. The van der Waals surface area contributed by atoms with Gasteiger partial charge in [-0.1, -0.05) is 146 Å². The Morgan fingerprint density at radius 1 is 0.298 bits per heavy atom. The second-order valence-corrected chi connectivity index (χ2v) is 12.2. The first kappa shape index (κ1) is 27.2. The molecule has 9 aromatic carbocycles. The van der Waals surface area contributed by atoms with Crippen LogP contribution < -0.4 is 4.90 Å². The van der Waals surface area contributed by atoms with E-state index in [2.05, 4.69) is 193 Å². The van der Waals surface area contributed by atoms with Gasteiger partial charge in [0.25, 0.3) is 0 Å². The lowest BCUT2D eigenvalue weighted by Gasteiger charge is -2.30. The van der Waals surface area contributed by atoms with Crippen LogP contribution in [0.25, 0.3) is 65.3 Å². The topological polar surface area (TPSA) is 3.24 Å². The van der Waals surface area contributed by atoms with E-state index in [9.17, 15) is 0 Å². The third-order valence-corrected chi connectivity index (χ3v) is 9.39.